The molecule has 3 aliphatic heterocycles. The zero-order valence-electron chi connectivity index (χ0n) is 23.7. The van der Waals surface area contributed by atoms with Crippen LogP contribution in [0.3, 0.4) is 0 Å². The van der Waals surface area contributed by atoms with Crippen LogP contribution >= 0.6 is 11.8 Å². The summed E-state index contributed by atoms with van der Waals surface area (Å²) < 4.78 is 8.00. The first kappa shape index (κ1) is 29.3. The van der Waals surface area contributed by atoms with E-state index < -0.39 is 29.9 Å². The Morgan fingerprint density at radius 2 is 1.87 bits per heavy atom. The van der Waals surface area contributed by atoms with E-state index in [-0.39, 0.29) is 44.3 Å². The van der Waals surface area contributed by atoms with Gasteiger partial charge in [0.05, 0.1) is 4.92 Å². The molecule has 3 saturated heterocycles. The molecule has 0 radical (unpaired) electrons. The van der Waals surface area contributed by atoms with Crippen LogP contribution in [0.4, 0.5) is 5.69 Å². The van der Waals surface area contributed by atoms with Crippen molar-refractivity contribution in [1.82, 2.24) is 9.47 Å². The molecule has 4 rings (SSSR count). The van der Waals surface area contributed by atoms with Gasteiger partial charge < -0.3 is 14.2 Å². The van der Waals surface area contributed by atoms with E-state index in [1.165, 1.54) is 55.9 Å². The summed E-state index contributed by atoms with van der Waals surface area (Å²) in [7, 11) is -2.09. The summed E-state index contributed by atoms with van der Waals surface area (Å²) in [4.78, 5) is 39.6. The van der Waals surface area contributed by atoms with E-state index >= 15 is 0 Å². The van der Waals surface area contributed by atoms with Crippen molar-refractivity contribution < 1.29 is 19.2 Å². The number of hydrogen-bond acceptors (Lipinski definition) is 7. The number of amides is 1. The first-order chi connectivity index (χ1) is 17.9. The largest absolute Gasteiger partial charge is 0.459 e. The predicted octanol–water partition coefficient (Wildman–Crippen LogP) is 4.79. The van der Waals surface area contributed by atoms with E-state index in [1.54, 1.807) is 23.9 Å². The Bertz CT molecular complexity index is 1050. The first-order valence-corrected chi connectivity index (χ1v) is 19.5. The molecule has 0 saturated carbocycles. The monoisotopic (exact) mass is 577 g/mol. The number of non-ortho nitro benzene ring substituents is 1. The van der Waals surface area contributed by atoms with Crippen LogP contribution in [0.2, 0.25) is 18.3 Å². The SMILES string of the molecule is CCCCC1(C)[SiH2]C[Si](C)(CCCC)N1[C@@H]1C(=O)N2[C@@H]1SC(C)(C)[C@@H]2C(=O)OCc1ccc([N+](=O)[O-])cc1. The van der Waals surface area contributed by atoms with Gasteiger partial charge in [0.25, 0.3) is 5.69 Å². The van der Waals surface area contributed by atoms with E-state index in [4.69, 9.17) is 4.74 Å². The van der Waals surface area contributed by atoms with Crippen molar-refractivity contribution in [2.75, 3.05) is 0 Å². The molecule has 5 atom stereocenters. The number of fused-ring (bicyclic) bond motifs is 1. The molecule has 38 heavy (non-hydrogen) atoms. The molecular weight excluding hydrogens is 535 g/mol. The van der Waals surface area contributed by atoms with Gasteiger partial charge in [-0.05, 0) is 49.2 Å². The maximum absolute atomic E-state index is 14.0. The first-order valence-electron chi connectivity index (χ1n) is 14.1. The summed E-state index contributed by atoms with van der Waals surface area (Å²) in [6.45, 7) is 13.6. The summed E-state index contributed by atoms with van der Waals surface area (Å²) in [6.07, 6.45) is 5.95. The summed E-state index contributed by atoms with van der Waals surface area (Å²) >= 11 is 1.75. The average molecular weight is 578 g/mol. The van der Waals surface area contributed by atoms with Crippen molar-refractivity contribution in [2.45, 2.75) is 119 Å². The van der Waals surface area contributed by atoms with Gasteiger partial charge in [-0.25, -0.2) is 4.79 Å². The van der Waals surface area contributed by atoms with Crippen LogP contribution in [0, 0.1) is 10.1 Å². The zero-order valence-corrected chi connectivity index (χ0v) is 26.9. The third-order valence-corrected chi connectivity index (χ3v) is 21.3. The fourth-order valence-electron chi connectivity index (χ4n) is 6.87. The lowest BCUT2D eigenvalue weighted by molar-refractivity contribution is -0.384. The summed E-state index contributed by atoms with van der Waals surface area (Å²) in [5.41, 5.74) is 2.06. The van der Waals surface area contributed by atoms with Crippen LogP contribution in [0.5, 0.6) is 0 Å². The zero-order chi connectivity index (χ0) is 27.9. The average Bonchev–Trinajstić information content (AvgIpc) is 3.28. The Hall–Kier alpha value is -1.70. The highest BCUT2D eigenvalue weighted by Gasteiger charge is 2.69. The third kappa shape index (κ3) is 5.23. The van der Waals surface area contributed by atoms with Gasteiger partial charge in [-0.15, -0.1) is 11.8 Å². The fraction of sp³-hybridized carbons (Fsp3) is 0.704. The molecule has 210 valence electrons. The molecular formula is C27H43N3O5SSi2. The number of esters is 1. The second-order valence-corrected chi connectivity index (χ2v) is 22.1. The molecule has 1 amide bonds. The van der Waals surface area contributed by atoms with Gasteiger partial charge in [-0.1, -0.05) is 58.7 Å². The predicted molar refractivity (Wildman–Crippen MR) is 157 cm³/mol. The highest BCUT2D eigenvalue weighted by molar-refractivity contribution is 8.01. The molecule has 0 N–H and O–H groups in total. The number of β-lactam (4-membered cyclic amide) rings is 1. The maximum atomic E-state index is 14.0. The molecule has 0 aliphatic carbocycles. The fourth-order valence-corrected chi connectivity index (χ4v) is 21.0. The van der Waals surface area contributed by atoms with E-state index in [2.05, 4.69) is 31.9 Å². The van der Waals surface area contributed by atoms with Gasteiger partial charge in [0.15, 0.2) is 0 Å². The van der Waals surface area contributed by atoms with E-state index in [9.17, 15) is 19.7 Å². The highest BCUT2D eigenvalue weighted by atomic mass is 32.2. The van der Waals surface area contributed by atoms with Gasteiger partial charge in [-0.2, -0.15) is 0 Å². The minimum atomic E-state index is -1.75. The normalized spacial score (nSPS) is 32.8. The molecule has 3 aliphatic rings. The smallest absolute Gasteiger partial charge is 0.330 e. The quantitative estimate of drug-likeness (QED) is 0.123. The number of rotatable bonds is 11. The summed E-state index contributed by atoms with van der Waals surface area (Å²) in [5.74, 6) is -0.301. The maximum Gasteiger partial charge on any atom is 0.330 e. The minimum absolute atomic E-state index is 0.00106. The van der Waals surface area contributed by atoms with Crippen LogP contribution in [-0.2, 0) is 20.9 Å². The van der Waals surface area contributed by atoms with Gasteiger partial charge in [0.2, 0.25) is 5.91 Å². The Morgan fingerprint density at radius 1 is 1.21 bits per heavy atom. The van der Waals surface area contributed by atoms with E-state index in [0.717, 1.165) is 0 Å². The number of thioether (sulfide) groups is 1. The Morgan fingerprint density at radius 3 is 2.47 bits per heavy atom. The van der Waals surface area contributed by atoms with Crippen LogP contribution < -0.4 is 0 Å². The number of nitrogens with zero attached hydrogens (tertiary/aromatic N) is 3. The standard InChI is InChI=1S/C27H43N3O5SSi2/c1-7-9-15-27(5)29(38(6,18-37-27)16-10-8-2)21-23(31)28-22(26(3,4)36-24(21)28)25(32)35-17-19-11-13-20(14-12-19)30(33)34/h11-14,21-22,24H,7-10,15-18,37H2,1-6H3/t21-,22+,24-,27?,38?/m1/s1. The number of carbonyl (C=O) groups excluding carboxylic acids is 2. The van der Waals surface area contributed by atoms with Crippen LogP contribution in [0.25, 0.3) is 0 Å². The molecule has 2 unspecified atom stereocenters. The molecule has 0 bridgehead atoms. The number of benzene rings is 1. The Kier molecular flexibility index (Phi) is 8.52. The van der Waals surface area contributed by atoms with Gasteiger partial charge in [0, 0.05) is 26.4 Å². The second-order valence-electron chi connectivity index (χ2n) is 12.3. The lowest BCUT2D eigenvalue weighted by Gasteiger charge is -2.56. The van der Waals surface area contributed by atoms with E-state index in [1.807, 2.05) is 18.7 Å². The Labute approximate surface area is 234 Å². The van der Waals surface area contributed by atoms with E-state index in [0.29, 0.717) is 5.56 Å². The van der Waals surface area contributed by atoms with Crippen molar-refractivity contribution in [3.05, 3.63) is 39.9 Å². The van der Waals surface area contributed by atoms with Crippen molar-refractivity contribution in [1.29, 1.82) is 0 Å². The molecule has 3 heterocycles. The summed E-state index contributed by atoms with van der Waals surface area (Å²) in [5, 5.41) is 11.1. The number of ether oxygens (including phenoxy) is 1. The van der Waals surface area contributed by atoms with Crippen LogP contribution in [0.15, 0.2) is 24.3 Å². The van der Waals surface area contributed by atoms with Gasteiger partial charge in [0.1, 0.15) is 32.3 Å². The molecule has 0 spiro atoms. The lowest BCUT2D eigenvalue weighted by Crippen LogP contribution is -2.76. The molecule has 11 heteroatoms. The van der Waals surface area contributed by atoms with Crippen molar-refractivity contribution >= 4 is 47.1 Å². The van der Waals surface area contributed by atoms with Crippen molar-refractivity contribution in [3.63, 3.8) is 0 Å². The van der Waals surface area contributed by atoms with Crippen molar-refractivity contribution in [3.8, 4) is 0 Å². The number of nitro groups is 1. The van der Waals surface area contributed by atoms with Crippen LogP contribution in [0.1, 0.15) is 72.3 Å². The number of hydrogen-bond donors (Lipinski definition) is 0. The van der Waals surface area contributed by atoms with Gasteiger partial charge >= 0.3 is 5.97 Å². The molecule has 3 fully saturated rings. The summed E-state index contributed by atoms with van der Waals surface area (Å²) in [6, 6.07) is 6.51. The number of unbranched alkanes of at least 4 members (excludes halogenated alkanes) is 2. The van der Waals surface area contributed by atoms with Crippen molar-refractivity contribution in [2.24, 2.45) is 0 Å². The lowest BCUT2D eigenvalue weighted by atomic mass is 9.95. The second kappa shape index (κ2) is 11.1. The molecule has 1 aromatic rings. The van der Waals surface area contributed by atoms with Crippen LogP contribution in [-0.4, -0.2) is 71.4 Å². The molecule has 1 aromatic carbocycles. The number of nitro benzene ring substituents is 1. The third-order valence-electron chi connectivity index (χ3n) is 8.95. The topological polar surface area (TPSA) is 93.0 Å². The van der Waals surface area contributed by atoms with Gasteiger partial charge in [-0.3, -0.25) is 14.9 Å². The Balaban J connectivity index is 1.52. The minimum Gasteiger partial charge on any atom is -0.459 e. The highest BCUT2D eigenvalue weighted by Crippen LogP contribution is 2.55. The molecule has 0 aromatic heterocycles. The molecule has 8 nitrogen and oxygen atoms in total. The number of carbonyl (C=O) groups is 2.